The number of carbonyl (C=O) groups is 2. The first-order valence-corrected chi connectivity index (χ1v) is 10.7. The van der Waals surface area contributed by atoms with Gasteiger partial charge in [-0.3, -0.25) is 9.59 Å². The van der Waals surface area contributed by atoms with Crippen LogP contribution in [0.3, 0.4) is 0 Å². The van der Waals surface area contributed by atoms with Crippen molar-refractivity contribution in [3.8, 4) is 5.88 Å². The number of benzene rings is 1. The molecule has 0 bridgehead atoms. The van der Waals surface area contributed by atoms with E-state index >= 15 is 0 Å². The Morgan fingerprint density at radius 3 is 2.68 bits per heavy atom. The van der Waals surface area contributed by atoms with Crippen molar-refractivity contribution < 1.29 is 19.4 Å². The number of ether oxygens (including phenoxy) is 1. The number of amides is 1. The van der Waals surface area contributed by atoms with Gasteiger partial charge in [0.15, 0.2) is 0 Å². The molecule has 8 heteroatoms. The molecule has 164 valence electrons. The summed E-state index contributed by atoms with van der Waals surface area (Å²) in [5.74, 6) is 0.0541. The lowest BCUT2D eigenvalue weighted by Crippen LogP contribution is -2.36. The van der Waals surface area contributed by atoms with Crippen LogP contribution in [0.1, 0.15) is 66.4 Å². The molecule has 1 fully saturated rings. The van der Waals surface area contributed by atoms with Crippen molar-refractivity contribution in [3.05, 3.63) is 41.2 Å². The van der Waals surface area contributed by atoms with Crippen LogP contribution >= 0.6 is 0 Å². The Hall–Kier alpha value is -3.16. The Morgan fingerprint density at radius 1 is 1.26 bits per heavy atom. The van der Waals surface area contributed by atoms with Gasteiger partial charge in [0.25, 0.3) is 5.91 Å². The van der Waals surface area contributed by atoms with Crippen LogP contribution in [0, 0.1) is 12.8 Å². The normalized spacial score (nSPS) is 23.6. The third-order valence-corrected chi connectivity index (χ3v) is 6.37. The van der Waals surface area contributed by atoms with E-state index in [1.165, 1.54) is 11.9 Å². The van der Waals surface area contributed by atoms with E-state index in [1.54, 1.807) is 4.90 Å². The average Bonchev–Trinajstić information content (AvgIpc) is 2.85. The second-order valence-electron chi connectivity index (χ2n) is 8.64. The summed E-state index contributed by atoms with van der Waals surface area (Å²) in [6.07, 6.45) is 5.18. The summed E-state index contributed by atoms with van der Waals surface area (Å²) in [5.41, 5.74) is 9.35. The molecule has 1 aromatic heterocycles. The first-order chi connectivity index (χ1) is 14.8. The Balaban J connectivity index is 1.56. The van der Waals surface area contributed by atoms with Crippen molar-refractivity contribution in [2.24, 2.45) is 5.92 Å². The number of carbonyl (C=O) groups excluding carboxylic acids is 1. The number of carboxylic acids is 1. The fourth-order valence-corrected chi connectivity index (χ4v) is 4.81. The standard InChI is InChI=1S/C23H28N4O4/c1-13-9-17(7-8-18(13)16-5-3-15(4-6-16)10-19(28)29)27-11-14(2)31-22-20(23(27)30)21(24)25-12-26-22/h7-9,12,14-16H,3-6,10-11H2,1-2H3,(H,28,29)(H2,24,25,26)/t14-,15?,16?/m1/s1. The summed E-state index contributed by atoms with van der Waals surface area (Å²) in [5, 5.41) is 9.03. The zero-order valence-electron chi connectivity index (χ0n) is 17.9. The van der Waals surface area contributed by atoms with Gasteiger partial charge in [0, 0.05) is 12.1 Å². The monoisotopic (exact) mass is 424 g/mol. The van der Waals surface area contributed by atoms with E-state index in [1.807, 2.05) is 19.1 Å². The highest BCUT2D eigenvalue weighted by Gasteiger charge is 2.32. The van der Waals surface area contributed by atoms with Crippen molar-refractivity contribution >= 4 is 23.4 Å². The molecule has 0 unspecified atom stereocenters. The van der Waals surface area contributed by atoms with E-state index in [2.05, 4.69) is 23.0 Å². The van der Waals surface area contributed by atoms with Crippen LogP contribution < -0.4 is 15.4 Å². The summed E-state index contributed by atoms with van der Waals surface area (Å²) >= 11 is 0. The molecule has 1 aromatic carbocycles. The molecule has 8 nitrogen and oxygen atoms in total. The Labute approximate surface area is 181 Å². The third-order valence-electron chi connectivity index (χ3n) is 6.37. The summed E-state index contributed by atoms with van der Waals surface area (Å²) in [7, 11) is 0. The van der Waals surface area contributed by atoms with E-state index in [0.29, 0.717) is 12.5 Å². The van der Waals surface area contributed by atoms with Crippen molar-refractivity contribution in [2.45, 2.75) is 58.0 Å². The maximum atomic E-state index is 13.3. The van der Waals surface area contributed by atoms with Gasteiger partial charge in [-0.15, -0.1) is 0 Å². The fourth-order valence-electron chi connectivity index (χ4n) is 4.81. The minimum Gasteiger partial charge on any atom is -0.481 e. The van der Waals surface area contributed by atoms with Crippen molar-refractivity contribution in [1.82, 2.24) is 9.97 Å². The maximum Gasteiger partial charge on any atom is 0.303 e. The van der Waals surface area contributed by atoms with Gasteiger partial charge in [-0.1, -0.05) is 6.07 Å². The SMILES string of the molecule is Cc1cc(N2C[C@@H](C)Oc3ncnc(N)c3C2=O)ccc1C1CCC(CC(=O)O)CC1. The van der Waals surface area contributed by atoms with E-state index in [-0.39, 0.29) is 41.6 Å². The molecular weight excluding hydrogens is 396 g/mol. The van der Waals surface area contributed by atoms with Crippen LogP contribution in [0.4, 0.5) is 11.5 Å². The number of rotatable bonds is 4. The minimum absolute atomic E-state index is 0.112. The topological polar surface area (TPSA) is 119 Å². The number of hydrogen-bond acceptors (Lipinski definition) is 6. The molecule has 1 saturated carbocycles. The van der Waals surface area contributed by atoms with Crippen LogP contribution in [-0.4, -0.2) is 39.6 Å². The molecule has 0 saturated heterocycles. The quantitative estimate of drug-likeness (QED) is 0.770. The Bertz CT molecular complexity index is 1000. The number of nitrogens with zero attached hydrogens (tertiary/aromatic N) is 3. The number of aliphatic carboxylic acids is 1. The number of aryl methyl sites for hydroxylation is 1. The highest BCUT2D eigenvalue weighted by atomic mass is 16.5. The van der Waals surface area contributed by atoms with E-state index < -0.39 is 5.97 Å². The highest BCUT2D eigenvalue weighted by Crippen LogP contribution is 2.39. The van der Waals surface area contributed by atoms with E-state index in [0.717, 1.165) is 36.9 Å². The van der Waals surface area contributed by atoms with Crippen LogP contribution in [0.2, 0.25) is 0 Å². The van der Waals surface area contributed by atoms with Crippen molar-refractivity contribution in [3.63, 3.8) is 0 Å². The molecule has 1 aliphatic heterocycles. The molecule has 2 aliphatic rings. The molecule has 4 rings (SSSR count). The number of aromatic nitrogens is 2. The summed E-state index contributed by atoms with van der Waals surface area (Å²) < 4.78 is 5.81. The first-order valence-electron chi connectivity index (χ1n) is 10.7. The zero-order valence-corrected chi connectivity index (χ0v) is 17.9. The molecule has 2 heterocycles. The molecule has 2 aromatic rings. The number of nitrogens with two attached hydrogens (primary N) is 1. The lowest BCUT2D eigenvalue weighted by atomic mass is 9.76. The second-order valence-corrected chi connectivity index (χ2v) is 8.64. The van der Waals surface area contributed by atoms with Gasteiger partial charge < -0.3 is 20.5 Å². The maximum absolute atomic E-state index is 13.3. The lowest BCUT2D eigenvalue weighted by molar-refractivity contribution is -0.138. The smallest absolute Gasteiger partial charge is 0.303 e. The van der Waals surface area contributed by atoms with E-state index in [9.17, 15) is 9.59 Å². The highest BCUT2D eigenvalue weighted by molar-refractivity contribution is 6.10. The number of nitrogen functional groups attached to an aromatic ring is 1. The molecule has 31 heavy (non-hydrogen) atoms. The average molecular weight is 425 g/mol. The molecule has 0 radical (unpaired) electrons. The van der Waals surface area contributed by atoms with Gasteiger partial charge in [0.05, 0.1) is 6.54 Å². The third kappa shape index (κ3) is 4.33. The molecule has 3 N–H and O–H groups in total. The fraction of sp³-hybridized carbons (Fsp3) is 0.478. The van der Waals surface area contributed by atoms with Crippen LogP contribution in [-0.2, 0) is 4.79 Å². The number of fused-ring (bicyclic) bond motifs is 1. The molecule has 1 aliphatic carbocycles. The predicted molar refractivity (Wildman–Crippen MR) is 116 cm³/mol. The van der Waals surface area contributed by atoms with Gasteiger partial charge in [-0.2, -0.15) is 0 Å². The van der Waals surface area contributed by atoms with Gasteiger partial charge in [-0.25, -0.2) is 9.97 Å². The summed E-state index contributed by atoms with van der Waals surface area (Å²) in [4.78, 5) is 34.0. The van der Waals surface area contributed by atoms with E-state index in [4.69, 9.17) is 15.6 Å². The predicted octanol–water partition coefficient (Wildman–Crippen LogP) is 3.54. The van der Waals surface area contributed by atoms with Gasteiger partial charge in [-0.05, 0) is 74.6 Å². The minimum atomic E-state index is -0.711. The van der Waals surface area contributed by atoms with Gasteiger partial charge in [0.2, 0.25) is 5.88 Å². The second kappa shape index (κ2) is 8.53. The first kappa shape index (κ1) is 21.1. The molecule has 1 amide bonds. The van der Waals surface area contributed by atoms with Crippen LogP contribution in [0.5, 0.6) is 5.88 Å². The zero-order chi connectivity index (χ0) is 22.1. The Morgan fingerprint density at radius 2 is 2.00 bits per heavy atom. The largest absolute Gasteiger partial charge is 0.481 e. The molecule has 0 spiro atoms. The van der Waals surface area contributed by atoms with Crippen LogP contribution in [0.15, 0.2) is 24.5 Å². The molecular formula is C23H28N4O4. The Kier molecular flexibility index (Phi) is 5.80. The molecule has 1 atom stereocenters. The van der Waals surface area contributed by atoms with Crippen molar-refractivity contribution in [2.75, 3.05) is 17.2 Å². The number of anilines is 2. The lowest BCUT2D eigenvalue weighted by Gasteiger charge is -2.30. The van der Waals surface area contributed by atoms with Crippen LogP contribution in [0.25, 0.3) is 0 Å². The van der Waals surface area contributed by atoms with Gasteiger partial charge >= 0.3 is 5.97 Å². The summed E-state index contributed by atoms with van der Waals surface area (Å²) in [6, 6.07) is 6.11. The van der Waals surface area contributed by atoms with Gasteiger partial charge in [0.1, 0.15) is 23.8 Å². The van der Waals surface area contributed by atoms with Crippen molar-refractivity contribution in [1.29, 1.82) is 0 Å². The summed E-state index contributed by atoms with van der Waals surface area (Å²) in [6.45, 7) is 4.34. The number of carboxylic acid groups (broad SMARTS) is 1. The number of hydrogen-bond donors (Lipinski definition) is 2.